The highest BCUT2D eigenvalue weighted by Crippen LogP contribution is 2.41. The first-order valence-corrected chi connectivity index (χ1v) is 8.02. The summed E-state index contributed by atoms with van der Waals surface area (Å²) in [6.07, 6.45) is 2.57. The minimum Gasteiger partial charge on any atom is -0.504 e. The van der Waals surface area contributed by atoms with Crippen molar-refractivity contribution in [3.05, 3.63) is 47.5 Å². The maximum atomic E-state index is 12.4. The van der Waals surface area contributed by atoms with Gasteiger partial charge in [-0.05, 0) is 42.0 Å². The van der Waals surface area contributed by atoms with Crippen LogP contribution in [0, 0.1) is 0 Å². The summed E-state index contributed by atoms with van der Waals surface area (Å²) in [6, 6.07) is 6.78. The fourth-order valence-electron chi connectivity index (χ4n) is 2.70. The Morgan fingerprint density at radius 1 is 0.964 bits per heavy atom. The van der Waals surface area contributed by atoms with Gasteiger partial charge in [-0.1, -0.05) is 0 Å². The summed E-state index contributed by atoms with van der Waals surface area (Å²) in [6.45, 7) is 0. The zero-order chi connectivity index (χ0) is 20.4. The summed E-state index contributed by atoms with van der Waals surface area (Å²) < 4.78 is 15.0. The Balaban J connectivity index is 2.26. The third-order valence-electron chi connectivity index (χ3n) is 4.03. The molecule has 8 nitrogen and oxygen atoms in total. The first kappa shape index (κ1) is 18.8. The van der Waals surface area contributed by atoms with Gasteiger partial charge in [-0.2, -0.15) is 0 Å². The van der Waals surface area contributed by atoms with Crippen LogP contribution in [0.25, 0.3) is 28.4 Å². The largest absolute Gasteiger partial charge is 0.504 e. The molecule has 2 aromatic carbocycles. The second-order valence-corrected chi connectivity index (χ2v) is 5.77. The third kappa shape index (κ3) is 3.35. The van der Waals surface area contributed by atoms with Crippen LogP contribution >= 0.6 is 0 Å². The van der Waals surface area contributed by atoms with Crippen molar-refractivity contribution in [1.29, 1.82) is 0 Å². The monoisotopic (exact) mass is 384 g/mol. The number of hydrogen-bond donors (Lipinski definition) is 3. The van der Waals surface area contributed by atoms with Crippen molar-refractivity contribution in [2.24, 2.45) is 0 Å². The molecule has 144 valence electrons. The Kier molecular flexibility index (Phi) is 4.95. The summed E-state index contributed by atoms with van der Waals surface area (Å²) in [5.74, 6) is -2.27. The Bertz CT molecular complexity index is 1110. The van der Waals surface area contributed by atoms with Crippen molar-refractivity contribution in [2.45, 2.75) is 0 Å². The van der Waals surface area contributed by atoms with Crippen molar-refractivity contribution in [3.8, 4) is 28.6 Å². The van der Waals surface area contributed by atoms with E-state index in [1.807, 2.05) is 0 Å². The number of fused-ring (bicyclic) bond motifs is 1. The molecule has 0 atom stereocenters. The van der Waals surface area contributed by atoms with E-state index in [1.54, 1.807) is 0 Å². The Morgan fingerprint density at radius 2 is 1.71 bits per heavy atom. The molecule has 0 saturated heterocycles. The van der Waals surface area contributed by atoms with Crippen molar-refractivity contribution >= 4 is 29.0 Å². The van der Waals surface area contributed by atoms with E-state index in [2.05, 4.69) is 4.74 Å². The van der Waals surface area contributed by atoms with Gasteiger partial charge in [0.25, 0.3) is 0 Å². The molecular formula is C20H16O8. The second-order valence-electron chi connectivity index (χ2n) is 5.77. The van der Waals surface area contributed by atoms with E-state index in [0.29, 0.717) is 5.56 Å². The van der Waals surface area contributed by atoms with E-state index in [9.17, 15) is 24.9 Å². The molecule has 3 rings (SSSR count). The molecule has 28 heavy (non-hydrogen) atoms. The average Bonchev–Trinajstić information content (AvgIpc) is 3.07. The zero-order valence-corrected chi connectivity index (χ0v) is 14.9. The molecular weight excluding hydrogens is 368 g/mol. The number of esters is 2. The Morgan fingerprint density at radius 3 is 2.36 bits per heavy atom. The number of phenols is 3. The van der Waals surface area contributed by atoms with E-state index in [4.69, 9.17) is 9.15 Å². The fourth-order valence-corrected chi connectivity index (χ4v) is 2.70. The molecule has 8 heteroatoms. The van der Waals surface area contributed by atoms with E-state index < -0.39 is 17.7 Å². The van der Waals surface area contributed by atoms with Gasteiger partial charge in [0.15, 0.2) is 22.8 Å². The minimum atomic E-state index is -0.727. The van der Waals surface area contributed by atoms with Gasteiger partial charge in [0.1, 0.15) is 11.3 Å². The summed E-state index contributed by atoms with van der Waals surface area (Å²) in [4.78, 5) is 23.7. The van der Waals surface area contributed by atoms with E-state index in [0.717, 1.165) is 6.08 Å². The van der Waals surface area contributed by atoms with Gasteiger partial charge in [-0.15, -0.1) is 0 Å². The predicted octanol–water partition coefficient (Wildman–Crippen LogP) is 3.19. The van der Waals surface area contributed by atoms with Crippen molar-refractivity contribution in [1.82, 2.24) is 0 Å². The molecule has 0 radical (unpaired) electrons. The number of aromatic hydroxyl groups is 3. The van der Waals surface area contributed by atoms with Crippen LogP contribution in [0.3, 0.4) is 0 Å². The van der Waals surface area contributed by atoms with Gasteiger partial charge in [-0.25, -0.2) is 9.59 Å². The lowest BCUT2D eigenvalue weighted by molar-refractivity contribution is -0.134. The Hall–Kier alpha value is -3.94. The van der Waals surface area contributed by atoms with Crippen LogP contribution in [-0.4, -0.2) is 41.5 Å². The van der Waals surface area contributed by atoms with Crippen LogP contribution in [0.2, 0.25) is 0 Å². The van der Waals surface area contributed by atoms with E-state index >= 15 is 0 Å². The van der Waals surface area contributed by atoms with Crippen LogP contribution in [0.4, 0.5) is 0 Å². The van der Waals surface area contributed by atoms with Crippen LogP contribution in [0.1, 0.15) is 15.9 Å². The van der Waals surface area contributed by atoms with Crippen LogP contribution in [0.5, 0.6) is 17.2 Å². The Labute approximate surface area is 158 Å². The maximum Gasteiger partial charge on any atom is 0.342 e. The number of carbonyl (C=O) groups excluding carboxylic acids is 2. The van der Waals surface area contributed by atoms with Gasteiger partial charge in [0, 0.05) is 17.0 Å². The van der Waals surface area contributed by atoms with E-state index in [1.165, 1.54) is 50.6 Å². The number of furan rings is 1. The molecule has 0 saturated carbocycles. The van der Waals surface area contributed by atoms with Crippen LogP contribution < -0.4 is 0 Å². The molecule has 3 aromatic rings. The molecule has 0 spiro atoms. The summed E-state index contributed by atoms with van der Waals surface area (Å²) in [7, 11) is 2.43. The molecule has 0 bridgehead atoms. The van der Waals surface area contributed by atoms with Crippen molar-refractivity contribution in [3.63, 3.8) is 0 Å². The average molecular weight is 384 g/mol. The fraction of sp³-hybridized carbons (Fsp3) is 0.100. The second kappa shape index (κ2) is 7.36. The van der Waals surface area contributed by atoms with Gasteiger partial charge >= 0.3 is 11.9 Å². The van der Waals surface area contributed by atoms with Gasteiger partial charge in [-0.3, -0.25) is 0 Å². The van der Waals surface area contributed by atoms with Gasteiger partial charge in [0.05, 0.1) is 14.2 Å². The van der Waals surface area contributed by atoms with Crippen LogP contribution in [-0.2, 0) is 14.3 Å². The quantitative estimate of drug-likeness (QED) is 0.356. The molecule has 0 aliphatic rings. The number of methoxy groups -OCH3 is 2. The number of benzene rings is 2. The molecule has 0 amide bonds. The number of rotatable bonds is 4. The lowest BCUT2D eigenvalue weighted by Crippen LogP contribution is -2.02. The lowest BCUT2D eigenvalue weighted by atomic mass is 10.0. The van der Waals surface area contributed by atoms with Gasteiger partial charge in [0.2, 0.25) is 0 Å². The van der Waals surface area contributed by atoms with Gasteiger partial charge < -0.3 is 29.2 Å². The lowest BCUT2D eigenvalue weighted by Gasteiger charge is -2.03. The summed E-state index contributed by atoms with van der Waals surface area (Å²) >= 11 is 0. The standard InChI is InChI=1S/C20H16O8/c1-26-16(24)6-3-10-7-12-17(20(25)27-2)18(28-19(12)15(23)8-10)11-4-5-13(21)14(22)9-11/h3-9,21-23H,1-2H3/b6-3+. The zero-order valence-electron chi connectivity index (χ0n) is 14.9. The SMILES string of the molecule is COC(=O)/C=C/c1cc(O)c2oc(-c3ccc(O)c(O)c3)c(C(=O)OC)c2c1. The molecule has 0 aliphatic carbocycles. The number of phenolic OH excluding ortho intramolecular Hbond substituents is 3. The van der Waals surface area contributed by atoms with Crippen molar-refractivity contribution < 1.29 is 38.8 Å². The third-order valence-corrected chi connectivity index (χ3v) is 4.03. The number of ether oxygens (including phenoxy) is 2. The molecule has 1 heterocycles. The molecule has 0 aliphatic heterocycles. The first-order valence-electron chi connectivity index (χ1n) is 8.02. The number of carbonyl (C=O) groups is 2. The number of hydrogen-bond acceptors (Lipinski definition) is 8. The van der Waals surface area contributed by atoms with Crippen LogP contribution in [0.15, 0.2) is 40.8 Å². The smallest absolute Gasteiger partial charge is 0.342 e. The van der Waals surface area contributed by atoms with E-state index in [-0.39, 0.29) is 39.4 Å². The highest BCUT2D eigenvalue weighted by Gasteiger charge is 2.25. The summed E-state index contributed by atoms with van der Waals surface area (Å²) in [5, 5.41) is 29.8. The highest BCUT2D eigenvalue weighted by molar-refractivity contribution is 6.10. The van der Waals surface area contributed by atoms with Crippen molar-refractivity contribution in [2.75, 3.05) is 14.2 Å². The first-order chi connectivity index (χ1) is 13.3. The maximum absolute atomic E-state index is 12.4. The normalized spacial score (nSPS) is 11.1. The molecule has 3 N–H and O–H groups in total. The predicted molar refractivity (Wildman–Crippen MR) is 99.0 cm³/mol. The topological polar surface area (TPSA) is 126 Å². The minimum absolute atomic E-state index is 0.0196. The highest BCUT2D eigenvalue weighted by atomic mass is 16.5. The molecule has 0 fully saturated rings. The molecule has 1 aromatic heterocycles. The summed E-state index contributed by atoms with van der Waals surface area (Å²) in [5.41, 5.74) is 0.754. The molecule has 0 unspecified atom stereocenters.